The van der Waals surface area contributed by atoms with Gasteiger partial charge in [0.15, 0.2) is 6.10 Å². The molecule has 12 nitrogen and oxygen atoms in total. The Labute approximate surface area is 231 Å². The minimum Gasteiger partial charge on any atom is -0.458 e. The van der Waals surface area contributed by atoms with E-state index in [0.717, 1.165) is 11.8 Å². The highest BCUT2D eigenvalue weighted by molar-refractivity contribution is 6.03. The number of anilines is 1. The van der Waals surface area contributed by atoms with E-state index < -0.39 is 23.2 Å². The lowest BCUT2D eigenvalue weighted by Crippen LogP contribution is -2.37. The molecule has 1 aromatic carbocycles. The van der Waals surface area contributed by atoms with E-state index in [1.807, 2.05) is 20.8 Å². The van der Waals surface area contributed by atoms with Gasteiger partial charge in [0.05, 0.1) is 23.9 Å². The van der Waals surface area contributed by atoms with Crippen LogP contribution in [0.15, 0.2) is 52.4 Å². The second kappa shape index (κ2) is 12.9. The summed E-state index contributed by atoms with van der Waals surface area (Å²) < 4.78 is 10.7. The van der Waals surface area contributed by atoms with Gasteiger partial charge in [-0.2, -0.15) is 5.26 Å². The number of amidine groups is 1. The summed E-state index contributed by atoms with van der Waals surface area (Å²) in [6.45, 7) is 6.00. The number of carbonyl (C=O) groups excluding carboxylic acids is 2. The SMILES string of the molecule is CC(C)(C)OC(=O)C1CCC(CC#N)CO1.NC(=O)c1ccc2cc(N=C(N)c3c(N)cc[nH]c3=O)ccc2n1. The Hall–Kier alpha value is -4.76. The number of aliphatic imine (C=N–C) groups is 1. The molecule has 3 heterocycles. The minimum atomic E-state index is -0.595. The molecule has 0 aliphatic carbocycles. The average molecular weight is 548 g/mol. The normalized spacial score (nSPS) is 17.3. The number of rotatable bonds is 5. The number of hydrogen-bond acceptors (Lipinski definition) is 9. The van der Waals surface area contributed by atoms with Crippen molar-refractivity contribution in [2.75, 3.05) is 12.3 Å². The van der Waals surface area contributed by atoms with Gasteiger partial charge in [0.2, 0.25) is 0 Å². The van der Waals surface area contributed by atoms with Gasteiger partial charge in [-0.25, -0.2) is 14.8 Å². The summed E-state index contributed by atoms with van der Waals surface area (Å²) in [5.41, 5.74) is 17.7. The highest BCUT2D eigenvalue weighted by atomic mass is 16.6. The van der Waals surface area contributed by atoms with Crippen LogP contribution in [0.25, 0.3) is 10.9 Å². The van der Waals surface area contributed by atoms with Gasteiger partial charge in [0, 0.05) is 23.7 Å². The van der Waals surface area contributed by atoms with Crippen molar-refractivity contribution in [3.63, 3.8) is 0 Å². The molecule has 7 N–H and O–H groups in total. The van der Waals surface area contributed by atoms with Crippen LogP contribution in [-0.4, -0.2) is 46.0 Å². The second-order valence-electron chi connectivity index (χ2n) is 10.2. The summed E-state index contributed by atoms with van der Waals surface area (Å²) in [7, 11) is 0. The first kappa shape index (κ1) is 29.8. The molecule has 1 saturated heterocycles. The van der Waals surface area contributed by atoms with E-state index in [2.05, 4.69) is 21.0 Å². The summed E-state index contributed by atoms with van der Waals surface area (Å²) in [4.78, 5) is 45.5. The Kier molecular flexibility index (Phi) is 9.58. The number of aromatic amines is 1. The first-order chi connectivity index (χ1) is 18.9. The van der Waals surface area contributed by atoms with Crippen molar-refractivity contribution in [3.05, 3.63) is 64.2 Å². The monoisotopic (exact) mass is 547 g/mol. The number of nitrogens with one attached hydrogen (secondary N) is 1. The van der Waals surface area contributed by atoms with Crippen LogP contribution in [0.2, 0.25) is 0 Å². The minimum absolute atomic E-state index is 0.00964. The fourth-order valence-electron chi connectivity index (χ4n) is 3.92. The molecule has 1 fully saturated rings. The molecular weight excluding hydrogens is 514 g/mol. The summed E-state index contributed by atoms with van der Waals surface area (Å²) in [5.74, 6) is -0.607. The lowest BCUT2D eigenvalue weighted by molar-refractivity contribution is -0.173. The third kappa shape index (κ3) is 8.12. The van der Waals surface area contributed by atoms with E-state index in [1.165, 1.54) is 18.3 Å². The van der Waals surface area contributed by atoms with Gasteiger partial charge in [-0.15, -0.1) is 0 Å². The fraction of sp³-hybridized carbons (Fsp3) is 0.357. The maximum Gasteiger partial charge on any atom is 0.335 e. The van der Waals surface area contributed by atoms with Crippen molar-refractivity contribution in [1.29, 1.82) is 5.26 Å². The molecule has 3 aromatic rings. The Bertz CT molecular complexity index is 1510. The number of nitrogen functional groups attached to an aromatic ring is 1. The number of pyridine rings is 2. The van der Waals surface area contributed by atoms with Crippen molar-refractivity contribution in [1.82, 2.24) is 9.97 Å². The maximum atomic E-state index is 11.8. The van der Waals surface area contributed by atoms with Gasteiger partial charge in [-0.3, -0.25) is 9.59 Å². The molecule has 4 rings (SSSR count). The van der Waals surface area contributed by atoms with Crippen LogP contribution in [-0.2, 0) is 14.3 Å². The lowest BCUT2D eigenvalue weighted by atomic mass is 9.96. The number of nitrogens with two attached hydrogens (primary N) is 3. The zero-order valence-electron chi connectivity index (χ0n) is 22.6. The molecule has 2 unspecified atom stereocenters. The van der Waals surface area contributed by atoms with Crippen LogP contribution in [0, 0.1) is 17.2 Å². The number of esters is 1. The number of aromatic nitrogens is 2. The molecule has 0 radical (unpaired) electrons. The lowest BCUT2D eigenvalue weighted by Gasteiger charge is -2.29. The first-order valence-corrected chi connectivity index (χ1v) is 12.6. The zero-order valence-corrected chi connectivity index (χ0v) is 22.6. The molecule has 0 saturated carbocycles. The van der Waals surface area contributed by atoms with Crippen LogP contribution in [0.5, 0.6) is 0 Å². The van der Waals surface area contributed by atoms with Gasteiger partial charge in [-0.1, -0.05) is 6.07 Å². The van der Waals surface area contributed by atoms with E-state index in [4.69, 9.17) is 31.9 Å². The van der Waals surface area contributed by atoms with Crippen LogP contribution in [0.4, 0.5) is 11.4 Å². The molecule has 2 aromatic heterocycles. The highest BCUT2D eigenvalue weighted by Gasteiger charge is 2.30. The number of H-pyrrole nitrogens is 1. The standard InChI is InChI=1S/C16H14N6O2.C12H19NO3/c17-10-5-6-20-16(24)13(10)14(18)21-9-2-4-11-8(7-9)1-3-12(22-11)15(19)23;1-12(2,3)16-11(14)10-5-4-9(6-7-13)8-15-10/h1-7H,(H2,18,21)(H2,19,23)(H3,17,20,24);9-10H,4-6,8H2,1-3H3. The van der Waals surface area contributed by atoms with Crippen molar-refractivity contribution < 1.29 is 19.1 Å². The Morgan fingerprint density at radius 2 is 1.95 bits per heavy atom. The summed E-state index contributed by atoms with van der Waals surface area (Å²) >= 11 is 0. The molecule has 12 heteroatoms. The number of ether oxygens (including phenoxy) is 2. The first-order valence-electron chi connectivity index (χ1n) is 12.6. The molecule has 2 atom stereocenters. The predicted octanol–water partition coefficient (Wildman–Crippen LogP) is 2.68. The molecule has 1 amide bonds. The molecule has 1 aliphatic heterocycles. The third-order valence-corrected chi connectivity index (χ3v) is 5.84. The molecular formula is C28H33N7O5. The maximum absolute atomic E-state index is 11.8. The topological polar surface area (TPSA) is 213 Å². The van der Waals surface area contributed by atoms with Gasteiger partial charge in [0.1, 0.15) is 22.7 Å². The zero-order chi connectivity index (χ0) is 29.4. The Morgan fingerprint density at radius 1 is 1.20 bits per heavy atom. The van der Waals surface area contributed by atoms with Crippen LogP contribution < -0.4 is 22.8 Å². The third-order valence-electron chi connectivity index (χ3n) is 5.84. The summed E-state index contributed by atoms with van der Waals surface area (Å²) in [5, 5.41) is 9.30. The van der Waals surface area contributed by atoms with E-state index >= 15 is 0 Å². The number of hydrogen-bond donors (Lipinski definition) is 4. The summed E-state index contributed by atoms with van der Waals surface area (Å²) in [6.07, 6.45) is 3.00. The van der Waals surface area contributed by atoms with Gasteiger partial charge in [0.25, 0.3) is 11.5 Å². The average Bonchev–Trinajstić information content (AvgIpc) is 2.88. The van der Waals surface area contributed by atoms with E-state index in [0.29, 0.717) is 30.7 Å². The van der Waals surface area contributed by atoms with E-state index in [1.54, 1.807) is 24.3 Å². The van der Waals surface area contributed by atoms with Gasteiger partial charge >= 0.3 is 5.97 Å². The highest BCUT2D eigenvalue weighted by Crippen LogP contribution is 2.24. The van der Waals surface area contributed by atoms with Crippen LogP contribution in [0.3, 0.4) is 0 Å². The second-order valence-corrected chi connectivity index (χ2v) is 10.2. The Balaban J connectivity index is 0.000000241. The molecule has 1 aliphatic rings. The van der Waals surface area contributed by atoms with Crippen molar-refractivity contribution >= 4 is 40.0 Å². The van der Waals surface area contributed by atoms with E-state index in [-0.39, 0.29) is 34.7 Å². The van der Waals surface area contributed by atoms with Crippen molar-refractivity contribution in [2.45, 2.75) is 51.7 Å². The van der Waals surface area contributed by atoms with Crippen molar-refractivity contribution in [3.8, 4) is 6.07 Å². The van der Waals surface area contributed by atoms with Crippen LogP contribution in [0.1, 0.15) is 56.1 Å². The molecule has 210 valence electrons. The molecule has 40 heavy (non-hydrogen) atoms. The number of fused-ring (bicyclic) bond motifs is 1. The number of primary amides is 1. The Morgan fingerprint density at radius 3 is 2.55 bits per heavy atom. The number of carbonyl (C=O) groups is 2. The number of nitrogens with zero attached hydrogens (tertiary/aromatic N) is 3. The van der Waals surface area contributed by atoms with Gasteiger partial charge < -0.3 is 31.7 Å². The van der Waals surface area contributed by atoms with Crippen molar-refractivity contribution in [2.24, 2.45) is 22.4 Å². The largest absolute Gasteiger partial charge is 0.458 e. The number of benzene rings is 1. The smallest absolute Gasteiger partial charge is 0.335 e. The number of nitriles is 1. The quantitative estimate of drug-likeness (QED) is 0.210. The fourth-order valence-corrected chi connectivity index (χ4v) is 3.92. The molecule has 0 bridgehead atoms. The predicted molar refractivity (Wildman–Crippen MR) is 151 cm³/mol. The number of amides is 1. The van der Waals surface area contributed by atoms with E-state index in [9.17, 15) is 14.4 Å². The summed E-state index contributed by atoms with van der Waals surface area (Å²) in [6, 6.07) is 12.0. The van der Waals surface area contributed by atoms with Gasteiger partial charge in [-0.05, 0) is 69.9 Å². The van der Waals surface area contributed by atoms with Crippen LogP contribution >= 0.6 is 0 Å². The molecule has 0 spiro atoms.